The van der Waals surface area contributed by atoms with Gasteiger partial charge in [0.1, 0.15) is 16.8 Å². The van der Waals surface area contributed by atoms with Gasteiger partial charge >= 0.3 is 0 Å². The minimum absolute atomic E-state index is 0.144. The summed E-state index contributed by atoms with van der Waals surface area (Å²) < 4.78 is 8.11. The summed E-state index contributed by atoms with van der Waals surface area (Å²) in [5.74, 6) is 1.59. The molecule has 0 bridgehead atoms. The number of anilines is 1. The predicted octanol–water partition coefficient (Wildman–Crippen LogP) is 5.68. The zero-order valence-corrected chi connectivity index (χ0v) is 21.4. The summed E-state index contributed by atoms with van der Waals surface area (Å²) in [7, 11) is 0. The molecule has 2 heterocycles. The number of amides is 1. The van der Waals surface area contributed by atoms with Crippen molar-refractivity contribution in [3.63, 3.8) is 0 Å². The summed E-state index contributed by atoms with van der Waals surface area (Å²) in [4.78, 5) is 14.0. The zero-order valence-electron chi connectivity index (χ0n) is 19.8. The number of rotatable bonds is 8. The summed E-state index contributed by atoms with van der Waals surface area (Å²) >= 11 is 2.90. The fraction of sp³-hybridized carbons (Fsp3) is 0.440. The Kier molecular flexibility index (Phi) is 7.91. The van der Waals surface area contributed by atoms with E-state index in [1.54, 1.807) is 11.3 Å². The fourth-order valence-corrected chi connectivity index (χ4v) is 6.24. The molecule has 0 saturated heterocycles. The van der Waals surface area contributed by atoms with Crippen LogP contribution < -0.4 is 10.1 Å². The third-order valence-electron chi connectivity index (χ3n) is 5.94. The number of carbonyl (C=O) groups is 1. The first-order chi connectivity index (χ1) is 16.5. The molecule has 0 fully saturated rings. The van der Waals surface area contributed by atoms with Crippen LogP contribution >= 0.6 is 23.1 Å². The number of fused-ring (bicyclic) bond motifs is 1. The van der Waals surface area contributed by atoms with Gasteiger partial charge in [0, 0.05) is 11.4 Å². The molecule has 3 aromatic rings. The summed E-state index contributed by atoms with van der Waals surface area (Å²) in [6.07, 6.45) is 5.07. The number of ether oxygens (including phenoxy) is 1. The molecular weight excluding hydrogens is 466 g/mol. The second kappa shape index (κ2) is 11.1. The molecule has 1 unspecified atom stereocenters. The van der Waals surface area contributed by atoms with E-state index in [-0.39, 0.29) is 17.8 Å². The number of nitrogens with zero attached hydrogens (tertiary/aromatic N) is 4. The van der Waals surface area contributed by atoms with Crippen LogP contribution in [0.15, 0.2) is 29.4 Å². The van der Waals surface area contributed by atoms with Gasteiger partial charge in [-0.1, -0.05) is 36.4 Å². The molecule has 1 atom stereocenters. The first kappa shape index (κ1) is 24.3. The number of benzene rings is 1. The lowest BCUT2D eigenvalue weighted by molar-refractivity contribution is -0.113. The van der Waals surface area contributed by atoms with Gasteiger partial charge in [-0.05, 0) is 63.6 Å². The van der Waals surface area contributed by atoms with Gasteiger partial charge in [-0.25, -0.2) is 0 Å². The van der Waals surface area contributed by atoms with E-state index in [1.807, 2.05) is 49.6 Å². The predicted molar refractivity (Wildman–Crippen MR) is 136 cm³/mol. The first-order valence-corrected chi connectivity index (χ1v) is 13.4. The molecule has 1 aliphatic carbocycles. The maximum atomic E-state index is 12.7. The third kappa shape index (κ3) is 5.29. The van der Waals surface area contributed by atoms with E-state index in [4.69, 9.17) is 4.74 Å². The molecule has 1 aromatic carbocycles. The molecule has 0 spiro atoms. The van der Waals surface area contributed by atoms with Gasteiger partial charge in [-0.3, -0.25) is 4.79 Å². The van der Waals surface area contributed by atoms with Crippen LogP contribution in [0.5, 0.6) is 5.75 Å². The molecule has 0 saturated carbocycles. The SMILES string of the molecule is CCn1c(SCC(=O)Nc2sc3c(c2C#N)CCCCC3)nnc1C(C)Oc1ccccc1C. The Morgan fingerprint density at radius 1 is 1.29 bits per heavy atom. The van der Waals surface area contributed by atoms with Crippen molar-refractivity contribution in [3.05, 3.63) is 51.7 Å². The highest BCUT2D eigenvalue weighted by Gasteiger charge is 2.23. The van der Waals surface area contributed by atoms with Crippen LogP contribution in [0.25, 0.3) is 0 Å². The molecule has 1 N–H and O–H groups in total. The van der Waals surface area contributed by atoms with Gasteiger partial charge in [0.2, 0.25) is 5.91 Å². The van der Waals surface area contributed by atoms with Crippen molar-refractivity contribution in [3.8, 4) is 11.8 Å². The van der Waals surface area contributed by atoms with Crippen molar-refractivity contribution in [1.29, 1.82) is 5.26 Å². The number of hydrogen-bond acceptors (Lipinski definition) is 7. The molecule has 0 radical (unpaired) electrons. The van der Waals surface area contributed by atoms with Crippen LogP contribution in [0, 0.1) is 18.3 Å². The van der Waals surface area contributed by atoms with Crippen LogP contribution in [0.1, 0.15) is 66.6 Å². The van der Waals surface area contributed by atoms with Crippen molar-refractivity contribution >= 4 is 34.0 Å². The number of nitrogens with one attached hydrogen (secondary N) is 1. The molecule has 178 valence electrons. The Morgan fingerprint density at radius 2 is 2.09 bits per heavy atom. The lowest BCUT2D eigenvalue weighted by atomic mass is 10.1. The average molecular weight is 496 g/mol. The maximum absolute atomic E-state index is 12.7. The molecule has 9 heteroatoms. The standard InChI is InChI=1S/C25H29N5O2S2/c1-4-30-23(17(3)32-20-12-9-8-10-16(20)2)28-29-25(30)33-15-22(31)27-24-19(14-26)18-11-6-5-7-13-21(18)34-24/h8-10,12,17H,4-7,11,13,15H2,1-3H3,(H,27,31). The number of thioether (sulfide) groups is 1. The number of aromatic nitrogens is 3. The lowest BCUT2D eigenvalue weighted by Crippen LogP contribution is -2.15. The number of thiophene rings is 1. The molecule has 7 nitrogen and oxygen atoms in total. The topological polar surface area (TPSA) is 92.8 Å². The van der Waals surface area contributed by atoms with E-state index in [1.165, 1.54) is 23.1 Å². The summed E-state index contributed by atoms with van der Waals surface area (Å²) in [6.45, 7) is 6.66. The first-order valence-electron chi connectivity index (χ1n) is 11.6. The molecule has 1 amide bonds. The molecule has 34 heavy (non-hydrogen) atoms. The van der Waals surface area contributed by atoms with Gasteiger partial charge in [0.25, 0.3) is 0 Å². The minimum Gasteiger partial charge on any atom is -0.482 e. The van der Waals surface area contributed by atoms with E-state index in [2.05, 4.69) is 21.6 Å². The van der Waals surface area contributed by atoms with E-state index in [0.717, 1.165) is 48.4 Å². The molecular formula is C25H29N5O2S2. The van der Waals surface area contributed by atoms with E-state index in [9.17, 15) is 10.1 Å². The van der Waals surface area contributed by atoms with Crippen molar-refractivity contribution in [2.75, 3.05) is 11.1 Å². The Bertz CT molecular complexity index is 1210. The second-order valence-corrected chi connectivity index (χ2v) is 10.4. The third-order valence-corrected chi connectivity index (χ3v) is 8.12. The van der Waals surface area contributed by atoms with Crippen LogP contribution in [-0.4, -0.2) is 26.4 Å². The van der Waals surface area contributed by atoms with E-state index < -0.39 is 0 Å². The van der Waals surface area contributed by atoms with Crippen molar-refractivity contribution < 1.29 is 9.53 Å². The van der Waals surface area contributed by atoms with Gasteiger partial charge in [0.15, 0.2) is 17.1 Å². The average Bonchev–Trinajstić information content (AvgIpc) is 3.31. The van der Waals surface area contributed by atoms with Crippen molar-refractivity contribution in [2.24, 2.45) is 0 Å². The molecule has 0 aliphatic heterocycles. The smallest absolute Gasteiger partial charge is 0.235 e. The number of hydrogen-bond donors (Lipinski definition) is 1. The molecule has 2 aromatic heterocycles. The normalized spacial score (nSPS) is 14.1. The number of nitriles is 1. The quantitative estimate of drug-likeness (QED) is 0.319. The van der Waals surface area contributed by atoms with Gasteiger partial charge in [-0.15, -0.1) is 21.5 Å². The summed E-state index contributed by atoms with van der Waals surface area (Å²) in [5, 5.41) is 22.7. The number of para-hydroxylation sites is 1. The van der Waals surface area contributed by atoms with Crippen LogP contribution in [0.4, 0.5) is 5.00 Å². The highest BCUT2D eigenvalue weighted by molar-refractivity contribution is 7.99. The van der Waals surface area contributed by atoms with E-state index >= 15 is 0 Å². The fourth-order valence-electron chi connectivity index (χ4n) is 4.18. The Labute approximate surface area is 208 Å². The Hall–Kier alpha value is -2.83. The number of carbonyl (C=O) groups excluding carboxylic acids is 1. The van der Waals surface area contributed by atoms with Crippen molar-refractivity contribution in [2.45, 2.75) is 70.7 Å². The van der Waals surface area contributed by atoms with Crippen LogP contribution in [-0.2, 0) is 24.2 Å². The highest BCUT2D eigenvalue weighted by atomic mass is 32.2. The Balaban J connectivity index is 1.41. The van der Waals surface area contributed by atoms with Crippen LogP contribution in [0.3, 0.4) is 0 Å². The second-order valence-electron chi connectivity index (χ2n) is 8.33. The van der Waals surface area contributed by atoms with Gasteiger partial charge in [0.05, 0.1) is 11.3 Å². The monoisotopic (exact) mass is 495 g/mol. The zero-order chi connectivity index (χ0) is 24.1. The van der Waals surface area contributed by atoms with E-state index in [0.29, 0.717) is 22.3 Å². The summed E-state index contributed by atoms with van der Waals surface area (Å²) in [5.41, 5.74) is 2.83. The Morgan fingerprint density at radius 3 is 2.85 bits per heavy atom. The molecule has 4 rings (SSSR count). The molecule has 1 aliphatic rings. The largest absolute Gasteiger partial charge is 0.482 e. The van der Waals surface area contributed by atoms with Crippen molar-refractivity contribution in [1.82, 2.24) is 14.8 Å². The minimum atomic E-state index is -0.281. The maximum Gasteiger partial charge on any atom is 0.235 e. The summed E-state index contributed by atoms with van der Waals surface area (Å²) in [6, 6.07) is 10.2. The van der Waals surface area contributed by atoms with Gasteiger partial charge in [-0.2, -0.15) is 5.26 Å². The van der Waals surface area contributed by atoms with Crippen LogP contribution in [0.2, 0.25) is 0 Å². The van der Waals surface area contributed by atoms with Gasteiger partial charge < -0.3 is 14.6 Å². The lowest BCUT2D eigenvalue weighted by Gasteiger charge is -2.16. The highest BCUT2D eigenvalue weighted by Crippen LogP contribution is 2.37. The number of aryl methyl sites for hydroxylation is 2.